The zero-order valence-corrected chi connectivity index (χ0v) is 26.9. The predicted octanol–water partition coefficient (Wildman–Crippen LogP) is 7.33. The molecule has 2 heterocycles. The Morgan fingerprint density at radius 2 is 1.83 bits per heavy atom. The molecule has 1 atom stereocenters. The van der Waals surface area contributed by atoms with E-state index < -0.39 is 5.97 Å². The minimum absolute atomic E-state index is 0.0313. The predicted molar refractivity (Wildman–Crippen MR) is 179 cm³/mol. The molecule has 1 aliphatic heterocycles. The fourth-order valence-electron chi connectivity index (χ4n) is 7.54. The van der Waals surface area contributed by atoms with Crippen LogP contribution in [-0.2, 0) is 17.6 Å². The summed E-state index contributed by atoms with van der Waals surface area (Å²) in [6.07, 6.45) is 8.55. The minimum Gasteiger partial charge on any atom is -0.480 e. The van der Waals surface area contributed by atoms with Crippen molar-refractivity contribution >= 4 is 17.6 Å². The number of carbonyl (C=O) groups excluding carboxylic acids is 1. The summed E-state index contributed by atoms with van der Waals surface area (Å²) in [6.45, 7) is 5.98. The molecule has 3 aliphatic rings. The Kier molecular flexibility index (Phi) is 8.05. The first kappa shape index (κ1) is 30.1. The fourth-order valence-corrected chi connectivity index (χ4v) is 7.54. The van der Waals surface area contributed by atoms with Crippen LogP contribution in [0.4, 0.5) is 5.69 Å². The van der Waals surface area contributed by atoms with Gasteiger partial charge in [0.1, 0.15) is 5.56 Å². The zero-order chi connectivity index (χ0) is 31.9. The van der Waals surface area contributed by atoms with Gasteiger partial charge in [-0.15, -0.1) is 0 Å². The third-order valence-electron chi connectivity index (χ3n) is 10.2. The lowest BCUT2D eigenvalue weighted by Gasteiger charge is -2.33. The summed E-state index contributed by atoms with van der Waals surface area (Å²) in [5, 5.41) is 17.9. The Morgan fingerprint density at radius 1 is 1.02 bits per heavy atom. The molecule has 8 heteroatoms. The number of benzene rings is 3. The van der Waals surface area contributed by atoms with Crippen molar-refractivity contribution in [3.63, 3.8) is 0 Å². The first-order valence-electron chi connectivity index (χ1n) is 16.6. The van der Waals surface area contributed by atoms with Crippen molar-refractivity contribution in [3.8, 4) is 22.7 Å². The first-order chi connectivity index (χ1) is 22.4. The van der Waals surface area contributed by atoms with Crippen LogP contribution in [0.15, 0.2) is 60.8 Å². The molecule has 238 valence electrons. The number of aryl methyl sites for hydroxylation is 3. The van der Waals surface area contributed by atoms with Crippen LogP contribution in [0.5, 0.6) is 5.88 Å². The van der Waals surface area contributed by atoms with Gasteiger partial charge in [0.25, 0.3) is 0 Å². The Bertz CT molecular complexity index is 1800. The number of methoxy groups -OCH3 is 1. The van der Waals surface area contributed by atoms with Crippen LogP contribution in [0.1, 0.15) is 89.2 Å². The number of carboxylic acid groups (broad SMARTS) is 1. The number of amides is 1. The van der Waals surface area contributed by atoms with Crippen LogP contribution in [-0.4, -0.2) is 51.9 Å². The fraction of sp³-hybridized carbons (Fsp3) is 0.395. The Hall–Kier alpha value is -4.59. The Balaban J connectivity index is 1.14. The smallest absolute Gasteiger partial charge is 0.342 e. The number of aromatic nitrogens is 2. The van der Waals surface area contributed by atoms with Crippen LogP contribution in [0.2, 0.25) is 0 Å². The summed E-state index contributed by atoms with van der Waals surface area (Å²) in [5.74, 6) is 0.311. The van der Waals surface area contributed by atoms with Gasteiger partial charge in [0, 0.05) is 24.7 Å². The first-order valence-corrected chi connectivity index (χ1v) is 16.6. The SMILES string of the molecule is CCc1cc(NC2CCc3cccc(-c4ccc(C)c(-n5ncc(C(=O)O)c5OC)c4)c32)ccc1C1CCN(C(=O)C2CC2)CC1. The molecule has 7 rings (SSSR count). The van der Waals surface area contributed by atoms with Crippen molar-refractivity contribution in [1.29, 1.82) is 0 Å². The molecule has 1 amide bonds. The van der Waals surface area contributed by atoms with Crippen LogP contribution in [0.25, 0.3) is 16.8 Å². The third kappa shape index (κ3) is 5.54. The van der Waals surface area contributed by atoms with Gasteiger partial charge in [-0.1, -0.05) is 43.3 Å². The number of likely N-dealkylation sites (tertiary alicyclic amines) is 1. The standard InChI is InChI=1S/C38H42N4O4/c1-4-24-20-29(13-14-30(24)25-16-18-41(19-17-25)36(43)27-10-11-27)40-33-15-12-26-6-5-7-31(35(26)33)28-9-8-23(2)34(21-28)42-37(46-3)32(22-39-42)38(44)45/h5-9,13-14,20-22,25,27,33,40H,4,10-12,15-19H2,1-3H3,(H,44,45). The summed E-state index contributed by atoms with van der Waals surface area (Å²) < 4.78 is 7.05. The van der Waals surface area contributed by atoms with Gasteiger partial charge in [-0.2, -0.15) is 5.10 Å². The summed E-state index contributed by atoms with van der Waals surface area (Å²) in [5.41, 5.74) is 10.6. The highest BCUT2D eigenvalue weighted by Crippen LogP contribution is 2.42. The summed E-state index contributed by atoms with van der Waals surface area (Å²) >= 11 is 0. The molecule has 2 N–H and O–H groups in total. The number of carbonyl (C=O) groups is 2. The van der Waals surface area contributed by atoms with Gasteiger partial charge >= 0.3 is 5.97 Å². The van der Waals surface area contributed by atoms with E-state index in [0.717, 1.165) is 86.1 Å². The van der Waals surface area contributed by atoms with E-state index in [4.69, 9.17) is 4.74 Å². The zero-order valence-electron chi connectivity index (χ0n) is 26.9. The van der Waals surface area contributed by atoms with Crippen LogP contribution < -0.4 is 10.1 Å². The second kappa shape index (κ2) is 12.3. The number of rotatable bonds is 9. The molecule has 1 saturated carbocycles. The molecular weight excluding hydrogens is 576 g/mol. The van der Waals surface area contributed by atoms with Gasteiger partial charge in [-0.25, -0.2) is 9.48 Å². The summed E-state index contributed by atoms with van der Waals surface area (Å²) in [7, 11) is 1.47. The number of piperidine rings is 1. The number of anilines is 1. The maximum atomic E-state index is 12.6. The topological polar surface area (TPSA) is 96.7 Å². The Labute approximate surface area is 270 Å². The van der Waals surface area contributed by atoms with Crippen molar-refractivity contribution in [3.05, 3.63) is 94.2 Å². The average molecular weight is 619 g/mol. The molecule has 2 fully saturated rings. The van der Waals surface area contributed by atoms with Gasteiger partial charge < -0.3 is 20.1 Å². The normalized spacial score (nSPS) is 18.0. The van der Waals surface area contributed by atoms with Crippen molar-refractivity contribution in [1.82, 2.24) is 14.7 Å². The number of ether oxygens (including phenoxy) is 1. The van der Waals surface area contributed by atoms with Gasteiger partial charge in [0.2, 0.25) is 11.8 Å². The van der Waals surface area contributed by atoms with Crippen LogP contribution in [0.3, 0.4) is 0 Å². The lowest BCUT2D eigenvalue weighted by molar-refractivity contribution is -0.133. The van der Waals surface area contributed by atoms with E-state index in [0.29, 0.717) is 17.7 Å². The van der Waals surface area contributed by atoms with Crippen LogP contribution in [0, 0.1) is 12.8 Å². The molecule has 1 saturated heterocycles. The largest absolute Gasteiger partial charge is 0.480 e. The number of fused-ring (bicyclic) bond motifs is 1. The number of nitrogens with one attached hydrogen (secondary N) is 1. The van der Waals surface area contributed by atoms with Gasteiger partial charge in [0.05, 0.1) is 25.0 Å². The summed E-state index contributed by atoms with van der Waals surface area (Å²) in [4.78, 5) is 26.4. The molecule has 0 spiro atoms. The molecule has 4 aromatic rings. The number of hydrogen-bond donors (Lipinski definition) is 2. The van der Waals surface area contributed by atoms with Crippen molar-refractivity contribution in [2.75, 3.05) is 25.5 Å². The third-order valence-corrected chi connectivity index (χ3v) is 10.2. The van der Waals surface area contributed by atoms with E-state index in [-0.39, 0.29) is 17.5 Å². The molecule has 1 aromatic heterocycles. The maximum absolute atomic E-state index is 12.6. The Morgan fingerprint density at radius 3 is 2.54 bits per heavy atom. The second-order valence-electron chi connectivity index (χ2n) is 13.0. The average Bonchev–Trinajstić information content (AvgIpc) is 3.71. The molecule has 2 aliphatic carbocycles. The van der Waals surface area contributed by atoms with Crippen LogP contribution >= 0.6 is 0 Å². The quantitative estimate of drug-likeness (QED) is 0.204. The summed E-state index contributed by atoms with van der Waals surface area (Å²) in [6, 6.07) is 19.9. The minimum atomic E-state index is -1.07. The van der Waals surface area contributed by atoms with Crippen molar-refractivity contribution in [2.45, 2.75) is 70.8 Å². The second-order valence-corrected chi connectivity index (χ2v) is 13.0. The highest BCUT2D eigenvalue weighted by molar-refractivity contribution is 5.90. The highest BCUT2D eigenvalue weighted by Gasteiger charge is 2.35. The van der Waals surface area contributed by atoms with Crippen molar-refractivity contribution in [2.24, 2.45) is 5.92 Å². The number of aromatic carboxylic acids is 1. The van der Waals surface area contributed by atoms with E-state index in [1.165, 1.54) is 35.6 Å². The number of nitrogens with zero attached hydrogens (tertiary/aromatic N) is 3. The molecule has 3 aromatic carbocycles. The lowest BCUT2D eigenvalue weighted by atomic mass is 9.85. The number of carboxylic acids is 1. The van der Waals surface area contributed by atoms with E-state index in [1.54, 1.807) is 4.68 Å². The molecule has 0 radical (unpaired) electrons. The monoisotopic (exact) mass is 618 g/mol. The number of hydrogen-bond acceptors (Lipinski definition) is 5. The lowest BCUT2D eigenvalue weighted by Crippen LogP contribution is -2.38. The highest BCUT2D eigenvalue weighted by atomic mass is 16.5. The van der Waals surface area contributed by atoms with E-state index in [2.05, 4.69) is 76.8 Å². The van der Waals surface area contributed by atoms with Gasteiger partial charge in [-0.3, -0.25) is 4.79 Å². The maximum Gasteiger partial charge on any atom is 0.342 e. The molecule has 0 bridgehead atoms. The van der Waals surface area contributed by atoms with E-state index in [1.807, 2.05) is 6.92 Å². The molecule has 1 unspecified atom stereocenters. The van der Waals surface area contributed by atoms with E-state index in [9.17, 15) is 14.7 Å². The molecule has 8 nitrogen and oxygen atoms in total. The molecular formula is C38H42N4O4. The van der Waals surface area contributed by atoms with E-state index >= 15 is 0 Å². The molecule has 46 heavy (non-hydrogen) atoms. The van der Waals surface area contributed by atoms with Gasteiger partial charge in [-0.05, 0) is 115 Å². The van der Waals surface area contributed by atoms with Gasteiger partial charge in [0.15, 0.2) is 0 Å². The van der Waals surface area contributed by atoms with Crippen molar-refractivity contribution < 1.29 is 19.4 Å².